The maximum Gasteiger partial charge on any atom is 0.336 e. The van der Waals surface area contributed by atoms with E-state index in [0.717, 1.165) is 0 Å². The second kappa shape index (κ2) is 11.7. The average Bonchev–Trinajstić information content (AvgIpc) is 2.75. The molecule has 2 atom stereocenters. The maximum atomic E-state index is 13.1. The second-order valence-corrected chi connectivity index (χ2v) is 8.52. The minimum Gasteiger partial charge on any atom is -0.469 e. The van der Waals surface area contributed by atoms with E-state index in [-0.39, 0.29) is 42.1 Å². The fraction of sp³-hybridized carbons (Fsp3) is 0.476. The molecule has 176 valence electrons. The Labute approximate surface area is 202 Å². The summed E-state index contributed by atoms with van der Waals surface area (Å²) in [5.41, 5.74) is 5.48. The van der Waals surface area contributed by atoms with Crippen LogP contribution in [0.1, 0.15) is 25.3 Å². The lowest BCUT2D eigenvalue weighted by Gasteiger charge is -2.42. The van der Waals surface area contributed by atoms with Gasteiger partial charge in [0.2, 0.25) is 0 Å². The van der Waals surface area contributed by atoms with Crippen LogP contribution in [-0.2, 0) is 23.8 Å². The Bertz CT molecular complexity index is 911. The molecular weight excluding hydrogens is 477 g/mol. The van der Waals surface area contributed by atoms with Crippen LogP contribution in [-0.4, -0.2) is 57.1 Å². The largest absolute Gasteiger partial charge is 0.469 e. The fourth-order valence-electron chi connectivity index (χ4n) is 3.65. The predicted molar refractivity (Wildman–Crippen MR) is 127 cm³/mol. The number of hydrogen-bond acceptors (Lipinski definition) is 7. The zero-order valence-corrected chi connectivity index (χ0v) is 20.5. The molecule has 0 fully saturated rings. The van der Waals surface area contributed by atoms with Crippen LogP contribution >= 0.6 is 35.4 Å². The minimum atomic E-state index is -1.16. The molecule has 2 rings (SSSR count). The SMILES string of the molecule is CCOC(=O)C1=C(COCCNC(N)=S)NCC(C)(C(=O)OC)C1c1cccc(Cl)c1Cl. The summed E-state index contributed by atoms with van der Waals surface area (Å²) in [5, 5.41) is 6.66. The van der Waals surface area contributed by atoms with Gasteiger partial charge in [-0.15, -0.1) is 0 Å². The summed E-state index contributed by atoms with van der Waals surface area (Å²) in [4.78, 5) is 26.0. The molecule has 0 saturated heterocycles. The summed E-state index contributed by atoms with van der Waals surface area (Å²) in [6.07, 6.45) is 0. The number of benzene rings is 1. The van der Waals surface area contributed by atoms with E-state index < -0.39 is 23.3 Å². The molecule has 0 aromatic heterocycles. The van der Waals surface area contributed by atoms with Crippen molar-refractivity contribution in [3.8, 4) is 0 Å². The normalized spacial score (nSPS) is 20.3. The van der Waals surface area contributed by atoms with Gasteiger partial charge >= 0.3 is 11.9 Å². The molecule has 0 aliphatic carbocycles. The van der Waals surface area contributed by atoms with Crippen LogP contribution in [0.2, 0.25) is 10.0 Å². The summed E-state index contributed by atoms with van der Waals surface area (Å²) in [7, 11) is 1.30. The third-order valence-electron chi connectivity index (χ3n) is 5.15. The first kappa shape index (κ1) is 26.2. The molecule has 0 radical (unpaired) electrons. The Morgan fingerprint density at radius 2 is 2.09 bits per heavy atom. The van der Waals surface area contributed by atoms with Crippen molar-refractivity contribution >= 4 is 52.5 Å². The zero-order valence-electron chi connectivity index (χ0n) is 18.1. The van der Waals surface area contributed by atoms with Gasteiger partial charge in [-0.2, -0.15) is 0 Å². The monoisotopic (exact) mass is 503 g/mol. The van der Waals surface area contributed by atoms with E-state index >= 15 is 0 Å². The molecule has 32 heavy (non-hydrogen) atoms. The quantitative estimate of drug-likeness (QED) is 0.265. The number of thiocarbonyl (C=S) groups is 1. The van der Waals surface area contributed by atoms with Gasteiger partial charge in [0.15, 0.2) is 5.11 Å². The molecule has 1 aliphatic rings. The number of methoxy groups -OCH3 is 1. The summed E-state index contributed by atoms with van der Waals surface area (Å²) in [6, 6.07) is 5.08. The average molecular weight is 504 g/mol. The van der Waals surface area contributed by atoms with Crippen LogP contribution in [0.15, 0.2) is 29.5 Å². The second-order valence-electron chi connectivity index (χ2n) is 7.29. The number of hydrogen-bond donors (Lipinski definition) is 3. The first-order chi connectivity index (χ1) is 15.2. The van der Waals surface area contributed by atoms with E-state index in [4.69, 9.17) is 55.4 Å². The number of rotatable bonds is 9. The van der Waals surface area contributed by atoms with Crippen LogP contribution in [0.4, 0.5) is 0 Å². The summed E-state index contributed by atoms with van der Waals surface area (Å²) in [5.74, 6) is -1.88. The molecule has 11 heteroatoms. The van der Waals surface area contributed by atoms with Gasteiger partial charge in [0.1, 0.15) is 0 Å². The lowest BCUT2D eigenvalue weighted by Crippen LogP contribution is -2.50. The highest BCUT2D eigenvalue weighted by molar-refractivity contribution is 7.80. The fourth-order valence-corrected chi connectivity index (χ4v) is 4.16. The van der Waals surface area contributed by atoms with Crippen molar-refractivity contribution in [1.29, 1.82) is 0 Å². The minimum absolute atomic E-state index is 0.0685. The van der Waals surface area contributed by atoms with Crippen LogP contribution in [0, 0.1) is 5.41 Å². The number of nitrogens with one attached hydrogen (secondary N) is 2. The molecule has 1 aliphatic heterocycles. The summed E-state index contributed by atoms with van der Waals surface area (Å²) in [6.45, 7) is 4.50. The zero-order chi connectivity index (χ0) is 23.9. The van der Waals surface area contributed by atoms with Crippen LogP contribution in [0.5, 0.6) is 0 Å². The van der Waals surface area contributed by atoms with E-state index in [1.54, 1.807) is 32.0 Å². The van der Waals surface area contributed by atoms with Crippen LogP contribution in [0.25, 0.3) is 0 Å². The molecule has 0 amide bonds. The van der Waals surface area contributed by atoms with Crippen molar-refractivity contribution in [2.24, 2.45) is 11.1 Å². The lowest BCUT2D eigenvalue weighted by molar-refractivity contribution is -0.153. The third kappa shape index (κ3) is 5.83. The van der Waals surface area contributed by atoms with Crippen LogP contribution in [0.3, 0.4) is 0 Å². The van der Waals surface area contributed by atoms with Gasteiger partial charge in [-0.3, -0.25) is 4.79 Å². The van der Waals surface area contributed by atoms with E-state index in [1.807, 2.05) is 0 Å². The summed E-state index contributed by atoms with van der Waals surface area (Å²) < 4.78 is 16.1. The molecule has 2 unspecified atom stereocenters. The van der Waals surface area contributed by atoms with Crippen LogP contribution < -0.4 is 16.4 Å². The third-order valence-corrected chi connectivity index (χ3v) is 6.13. The highest BCUT2D eigenvalue weighted by Gasteiger charge is 2.51. The Hall–Kier alpha value is -2.07. The van der Waals surface area contributed by atoms with Crippen molar-refractivity contribution in [3.05, 3.63) is 45.1 Å². The Balaban J connectivity index is 2.56. The summed E-state index contributed by atoms with van der Waals surface area (Å²) >= 11 is 17.6. The van der Waals surface area contributed by atoms with Gasteiger partial charge in [0.25, 0.3) is 0 Å². The number of esters is 2. The topological polar surface area (TPSA) is 112 Å². The van der Waals surface area contributed by atoms with Crippen molar-refractivity contribution < 1.29 is 23.8 Å². The highest BCUT2D eigenvalue weighted by atomic mass is 35.5. The lowest BCUT2D eigenvalue weighted by atomic mass is 9.67. The number of halogens is 2. The van der Waals surface area contributed by atoms with Gasteiger partial charge in [0.05, 0.1) is 48.0 Å². The molecule has 0 bridgehead atoms. The first-order valence-corrected chi connectivity index (χ1v) is 11.1. The molecule has 8 nitrogen and oxygen atoms in total. The molecular formula is C21H27Cl2N3O5S. The van der Waals surface area contributed by atoms with Gasteiger partial charge in [-0.05, 0) is 37.7 Å². The maximum absolute atomic E-state index is 13.1. The van der Waals surface area contributed by atoms with Crippen molar-refractivity contribution in [2.75, 3.05) is 40.0 Å². The van der Waals surface area contributed by atoms with Crippen molar-refractivity contribution in [3.63, 3.8) is 0 Å². The molecule has 0 saturated carbocycles. The number of carbonyl (C=O) groups is 2. The Morgan fingerprint density at radius 3 is 2.72 bits per heavy atom. The van der Waals surface area contributed by atoms with E-state index in [9.17, 15) is 9.59 Å². The molecule has 0 spiro atoms. The predicted octanol–water partition coefficient (Wildman–Crippen LogP) is 2.53. The molecule has 1 aromatic carbocycles. The van der Waals surface area contributed by atoms with E-state index in [0.29, 0.717) is 22.8 Å². The Kier molecular flexibility index (Phi) is 9.57. The van der Waals surface area contributed by atoms with E-state index in [1.165, 1.54) is 7.11 Å². The number of carbonyl (C=O) groups excluding carboxylic acids is 2. The van der Waals surface area contributed by atoms with Gasteiger partial charge < -0.3 is 30.6 Å². The van der Waals surface area contributed by atoms with Gasteiger partial charge in [-0.25, -0.2) is 4.79 Å². The standard InChI is InChI=1S/C21H27Cl2N3O5S/c1-4-31-18(27)15-14(10-30-9-8-25-20(24)32)26-11-21(2,19(28)29-3)16(15)12-6-5-7-13(22)17(12)23/h5-7,16,26H,4,8-11H2,1-3H3,(H3,24,25,32). The van der Waals surface area contributed by atoms with Crippen molar-refractivity contribution in [2.45, 2.75) is 19.8 Å². The first-order valence-electron chi connectivity index (χ1n) is 9.94. The van der Waals surface area contributed by atoms with Gasteiger partial charge in [-0.1, -0.05) is 35.3 Å². The van der Waals surface area contributed by atoms with Gasteiger partial charge in [0, 0.05) is 24.7 Å². The van der Waals surface area contributed by atoms with Crippen molar-refractivity contribution in [1.82, 2.24) is 10.6 Å². The number of nitrogens with two attached hydrogens (primary N) is 1. The molecule has 1 heterocycles. The molecule has 4 N–H and O–H groups in total. The Morgan fingerprint density at radius 1 is 1.38 bits per heavy atom. The number of ether oxygens (including phenoxy) is 3. The smallest absolute Gasteiger partial charge is 0.336 e. The molecule has 1 aromatic rings. The van der Waals surface area contributed by atoms with E-state index in [2.05, 4.69) is 10.6 Å². The highest BCUT2D eigenvalue weighted by Crippen LogP contribution is 2.48.